The van der Waals surface area contributed by atoms with Crippen molar-refractivity contribution in [2.45, 2.75) is 26.9 Å². The fourth-order valence-electron chi connectivity index (χ4n) is 4.72. The van der Waals surface area contributed by atoms with Crippen molar-refractivity contribution in [3.63, 3.8) is 0 Å². The van der Waals surface area contributed by atoms with Gasteiger partial charge < -0.3 is 9.80 Å². The molecule has 0 amide bonds. The molecule has 5 rings (SSSR count). The second-order valence-electron chi connectivity index (χ2n) is 9.77. The van der Waals surface area contributed by atoms with Crippen molar-refractivity contribution >= 4 is 78.8 Å². The van der Waals surface area contributed by atoms with E-state index in [9.17, 15) is 0 Å². The molecule has 0 aliphatic heterocycles. The van der Waals surface area contributed by atoms with Crippen LogP contribution in [0, 0.1) is 0 Å². The lowest BCUT2D eigenvalue weighted by Gasteiger charge is -2.11. The normalized spacial score (nSPS) is 11.9. The van der Waals surface area contributed by atoms with E-state index in [4.69, 9.17) is 0 Å². The van der Waals surface area contributed by atoms with Crippen LogP contribution in [0.4, 0.5) is 11.4 Å². The van der Waals surface area contributed by atoms with Gasteiger partial charge in [0.25, 0.3) is 10.0 Å². The summed E-state index contributed by atoms with van der Waals surface area (Å²) in [6.45, 7) is 6.35. The van der Waals surface area contributed by atoms with E-state index in [1.807, 2.05) is 22.7 Å². The van der Waals surface area contributed by atoms with Crippen LogP contribution in [0.1, 0.15) is 35.0 Å². The van der Waals surface area contributed by atoms with Crippen molar-refractivity contribution in [2.24, 2.45) is 0 Å². The monoisotopic (exact) mass is 540 g/mol. The summed E-state index contributed by atoms with van der Waals surface area (Å²) in [7, 11) is 8.29. The summed E-state index contributed by atoms with van der Waals surface area (Å²) in [6, 6.07) is 22.0. The van der Waals surface area contributed by atoms with Crippen molar-refractivity contribution in [1.82, 2.24) is 0 Å². The Hall–Kier alpha value is -3.48. The minimum absolute atomic E-state index is 0.944. The van der Waals surface area contributed by atoms with Crippen LogP contribution < -0.4 is 18.9 Å². The van der Waals surface area contributed by atoms with Crippen LogP contribution in [0.25, 0.3) is 44.7 Å². The van der Waals surface area contributed by atoms with Crippen molar-refractivity contribution in [1.29, 1.82) is 0 Å². The predicted octanol–water partition coefficient (Wildman–Crippen LogP) is 7.20. The number of hydrogen-bond donors (Lipinski definition) is 0. The molecule has 0 fully saturated rings. The Labute approximate surface area is 234 Å². The van der Waals surface area contributed by atoms with Crippen LogP contribution in [0.2, 0.25) is 0 Å². The van der Waals surface area contributed by atoms with E-state index in [0.29, 0.717) is 0 Å². The van der Waals surface area contributed by atoms with E-state index in [0.717, 1.165) is 13.1 Å². The molecule has 6 heteroatoms. The molecule has 0 radical (unpaired) electrons. The largest absolute Gasteiger partial charge is 0.378 e. The third kappa shape index (κ3) is 5.11. The average Bonchev–Trinajstić information content (AvgIpc) is 3.48. The number of aryl methyl sites for hydroxylation is 2. The summed E-state index contributed by atoms with van der Waals surface area (Å²) in [4.78, 5) is 4.26. The zero-order valence-electron chi connectivity index (χ0n) is 23.1. The molecular weight excluding hydrogens is 505 g/mol. The zero-order chi connectivity index (χ0) is 26.8. The van der Waals surface area contributed by atoms with Crippen LogP contribution in [0.15, 0.2) is 60.7 Å². The van der Waals surface area contributed by atoms with Gasteiger partial charge in [0.1, 0.15) is 22.5 Å². The molecule has 0 saturated heterocycles. The molecule has 0 aliphatic carbocycles. The van der Waals surface area contributed by atoms with Crippen LogP contribution >= 0.6 is 22.7 Å². The molecule has 4 nitrogen and oxygen atoms in total. The molecule has 5 aromatic rings. The highest BCUT2D eigenvalue weighted by Gasteiger charge is 2.26. The maximum absolute atomic E-state index is 2.43. The van der Waals surface area contributed by atoms with Crippen LogP contribution in [-0.4, -0.2) is 28.2 Å². The van der Waals surface area contributed by atoms with Crippen molar-refractivity contribution in [2.75, 3.05) is 38.0 Å². The fourth-order valence-corrected chi connectivity index (χ4v) is 7.30. The molecular formula is C32H36N4S2+2. The molecule has 3 aromatic carbocycles. The molecule has 38 heavy (non-hydrogen) atoms. The Morgan fingerprint density at radius 2 is 0.921 bits per heavy atom. The minimum Gasteiger partial charge on any atom is -0.378 e. The molecule has 0 atom stereocenters. The number of fused-ring (bicyclic) bond motifs is 3. The lowest BCUT2D eigenvalue weighted by Crippen LogP contribution is -2.34. The zero-order valence-corrected chi connectivity index (χ0v) is 24.7. The van der Waals surface area contributed by atoms with E-state index in [2.05, 4.69) is 146 Å². The van der Waals surface area contributed by atoms with Gasteiger partial charge in [-0.25, -0.2) is 0 Å². The summed E-state index contributed by atoms with van der Waals surface area (Å²) >= 11 is 3.79. The Kier molecular flexibility index (Phi) is 7.63. The molecule has 0 N–H and O–H groups in total. The van der Waals surface area contributed by atoms with Crippen LogP contribution in [-0.2, 0) is 13.1 Å². The van der Waals surface area contributed by atoms with Gasteiger partial charge in [0.15, 0.2) is 0 Å². The minimum atomic E-state index is 0.944. The number of hydrogen-bond acceptors (Lipinski definition) is 4. The number of thiazole rings is 2. The number of anilines is 2. The van der Waals surface area contributed by atoms with Crippen molar-refractivity contribution in [3.8, 4) is 0 Å². The summed E-state index contributed by atoms with van der Waals surface area (Å²) < 4.78 is 7.60. The topological polar surface area (TPSA) is 14.2 Å². The van der Waals surface area contributed by atoms with Gasteiger partial charge in [-0.1, -0.05) is 46.9 Å². The molecule has 194 valence electrons. The molecule has 0 aliphatic rings. The standard InChI is InChI=1S/C32H36N4S2/c1-7-35-27-19-20-28-32(31(27)37-29(35)21-13-23-9-15-25(16-10-23)33(3)4)38-30(36(28)8-2)22-14-24-11-17-26(18-12-24)34(5)6/h9-22H,7-8H2,1-6H3/q+2. The molecule has 0 saturated carbocycles. The first-order valence-corrected chi connectivity index (χ1v) is 14.8. The van der Waals surface area contributed by atoms with E-state index in [-0.39, 0.29) is 0 Å². The highest BCUT2D eigenvalue weighted by molar-refractivity contribution is 7.27. The number of nitrogens with zero attached hydrogens (tertiary/aromatic N) is 4. The van der Waals surface area contributed by atoms with Crippen LogP contribution in [0.3, 0.4) is 0 Å². The second kappa shape index (κ2) is 11.1. The van der Waals surface area contributed by atoms with Crippen LogP contribution in [0.5, 0.6) is 0 Å². The first kappa shape index (κ1) is 26.1. The average molecular weight is 541 g/mol. The maximum Gasteiger partial charge on any atom is 0.262 e. The Balaban J connectivity index is 1.52. The molecule has 2 aromatic heterocycles. The smallest absolute Gasteiger partial charge is 0.262 e. The summed E-state index contributed by atoms with van der Waals surface area (Å²) in [5.41, 5.74) is 7.48. The van der Waals surface area contributed by atoms with Crippen molar-refractivity contribution < 1.29 is 9.13 Å². The number of aromatic nitrogens is 2. The van der Waals surface area contributed by atoms with E-state index in [1.54, 1.807) is 0 Å². The highest BCUT2D eigenvalue weighted by Crippen LogP contribution is 2.34. The lowest BCUT2D eigenvalue weighted by atomic mass is 10.2. The third-order valence-corrected chi connectivity index (χ3v) is 9.38. The van der Waals surface area contributed by atoms with Gasteiger partial charge in [0, 0.05) is 63.9 Å². The van der Waals surface area contributed by atoms with Crippen molar-refractivity contribution in [3.05, 3.63) is 81.8 Å². The summed E-state index contributed by atoms with van der Waals surface area (Å²) in [5, 5.41) is 2.56. The molecule has 2 heterocycles. The van der Waals surface area contributed by atoms with Gasteiger partial charge in [-0.05, 0) is 61.4 Å². The van der Waals surface area contributed by atoms with Gasteiger partial charge in [0.05, 0.1) is 0 Å². The van der Waals surface area contributed by atoms with E-state index < -0.39 is 0 Å². The highest BCUT2D eigenvalue weighted by atomic mass is 32.1. The number of rotatable bonds is 8. The summed E-state index contributed by atoms with van der Waals surface area (Å²) in [6.07, 6.45) is 8.99. The van der Waals surface area contributed by atoms with E-state index in [1.165, 1.54) is 53.0 Å². The summed E-state index contributed by atoms with van der Waals surface area (Å²) in [5.74, 6) is 0. The van der Waals surface area contributed by atoms with Gasteiger partial charge in [-0.2, -0.15) is 9.13 Å². The van der Waals surface area contributed by atoms with Gasteiger partial charge in [-0.3, -0.25) is 0 Å². The molecule has 0 bridgehead atoms. The number of benzene rings is 3. The fraction of sp³-hybridized carbons (Fsp3) is 0.250. The van der Waals surface area contributed by atoms with Gasteiger partial charge >= 0.3 is 0 Å². The first-order valence-electron chi connectivity index (χ1n) is 13.1. The Morgan fingerprint density at radius 3 is 1.24 bits per heavy atom. The van der Waals surface area contributed by atoms with Gasteiger partial charge in [0.2, 0.25) is 11.0 Å². The lowest BCUT2D eigenvalue weighted by molar-refractivity contribution is -0.666. The quantitative estimate of drug-likeness (QED) is 0.193. The molecule has 0 unspecified atom stereocenters. The second-order valence-corrected chi connectivity index (χ2v) is 11.8. The third-order valence-electron chi connectivity index (χ3n) is 6.89. The van der Waals surface area contributed by atoms with Gasteiger partial charge in [-0.15, -0.1) is 0 Å². The Bertz CT molecular complexity index is 1500. The van der Waals surface area contributed by atoms with E-state index >= 15 is 0 Å². The maximum atomic E-state index is 2.43. The predicted molar refractivity (Wildman–Crippen MR) is 168 cm³/mol. The Morgan fingerprint density at radius 1 is 0.553 bits per heavy atom. The molecule has 0 spiro atoms. The first-order chi connectivity index (χ1) is 18.4. The SMILES string of the molecule is CC[n+]1c(/C=C/c2ccc(N(C)C)cc2)sc2c3sc(/C=C/c4ccc(N(C)C)cc4)[n+](CC)c3ccc21.